The van der Waals surface area contributed by atoms with E-state index in [1.807, 2.05) is 19.1 Å². The van der Waals surface area contributed by atoms with Crippen molar-refractivity contribution in [1.29, 1.82) is 0 Å². The van der Waals surface area contributed by atoms with Gasteiger partial charge in [-0.2, -0.15) is 0 Å². The van der Waals surface area contributed by atoms with E-state index in [1.54, 1.807) is 6.20 Å². The lowest BCUT2D eigenvalue weighted by Crippen LogP contribution is -1.94. The molecule has 0 saturated carbocycles. The van der Waals surface area contributed by atoms with Gasteiger partial charge in [-0.25, -0.2) is 0 Å². The molecule has 0 spiro atoms. The van der Waals surface area contributed by atoms with E-state index in [-0.39, 0.29) is 0 Å². The minimum Gasteiger partial charge on any atom is -0.397 e. The largest absolute Gasteiger partial charge is 0.397 e. The number of nitrogens with two attached hydrogens (primary N) is 1. The summed E-state index contributed by atoms with van der Waals surface area (Å²) < 4.78 is 0.969. The Morgan fingerprint density at radius 1 is 1.43 bits per heavy atom. The number of pyridine rings is 1. The molecule has 2 rings (SSSR count). The number of halogens is 2. The van der Waals surface area contributed by atoms with E-state index in [1.165, 1.54) is 0 Å². The first-order valence-electron chi connectivity index (χ1n) is 4.10. The number of rotatable bonds is 0. The molecule has 1 heterocycles. The average molecular weight is 319 g/mol. The van der Waals surface area contributed by atoms with Crippen molar-refractivity contribution in [2.24, 2.45) is 0 Å². The van der Waals surface area contributed by atoms with E-state index >= 15 is 0 Å². The van der Waals surface area contributed by atoms with Crippen LogP contribution < -0.4 is 5.73 Å². The van der Waals surface area contributed by atoms with Crippen LogP contribution in [0.4, 0.5) is 5.69 Å². The maximum absolute atomic E-state index is 6.00. The van der Waals surface area contributed by atoms with Gasteiger partial charge in [-0.05, 0) is 47.2 Å². The van der Waals surface area contributed by atoms with Crippen LogP contribution in [0.25, 0.3) is 10.9 Å². The molecule has 0 aliphatic heterocycles. The highest BCUT2D eigenvalue weighted by molar-refractivity contribution is 14.1. The van der Waals surface area contributed by atoms with Crippen molar-refractivity contribution in [3.8, 4) is 0 Å². The molecule has 2 aromatic rings. The minimum absolute atomic E-state index is 0.727. The predicted molar refractivity (Wildman–Crippen MR) is 68.6 cm³/mol. The number of anilines is 1. The molecule has 14 heavy (non-hydrogen) atoms. The molecule has 2 N–H and O–H groups in total. The predicted octanol–water partition coefficient (Wildman–Crippen LogP) is 3.38. The van der Waals surface area contributed by atoms with Crippen LogP contribution in [0.2, 0.25) is 5.02 Å². The van der Waals surface area contributed by atoms with E-state index in [2.05, 4.69) is 27.6 Å². The van der Waals surface area contributed by atoms with Crippen LogP contribution in [0.15, 0.2) is 18.3 Å². The third kappa shape index (κ3) is 1.44. The summed E-state index contributed by atoms with van der Waals surface area (Å²) in [7, 11) is 0. The summed E-state index contributed by atoms with van der Waals surface area (Å²) in [6.45, 7) is 1.95. The van der Waals surface area contributed by atoms with E-state index in [0.717, 1.165) is 30.7 Å². The Hall–Kier alpha value is -0.550. The highest BCUT2D eigenvalue weighted by Crippen LogP contribution is 2.29. The summed E-state index contributed by atoms with van der Waals surface area (Å²) in [5, 5.41) is 1.70. The van der Waals surface area contributed by atoms with Gasteiger partial charge >= 0.3 is 0 Å². The number of nitrogens with zero attached hydrogens (tertiary/aromatic N) is 1. The van der Waals surface area contributed by atoms with Gasteiger partial charge in [0.25, 0.3) is 0 Å². The Morgan fingerprint density at radius 3 is 2.86 bits per heavy atom. The number of benzene rings is 1. The van der Waals surface area contributed by atoms with Crippen LogP contribution in [0.5, 0.6) is 0 Å². The van der Waals surface area contributed by atoms with Gasteiger partial charge in [0.2, 0.25) is 0 Å². The maximum atomic E-state index is 6.00. The van der Waals surface area contributed by atoms with Gasteiger partial charge in [-0.1, -0.05) is 11.6 Å². The molecular formula is C10H8ClIN2. The zero-order valence-electron chi connectivity index (χ0n) is 7.51. The zero-order chi connectivity index (χ0) is 10.3. The summed E-state index contributed by atoms with van der Waals surface area (Å²) in [4.78, 5) is 4.33. The quantitative estimate of drug-likeness (QED) is 0.756. The topological polar surface area (TPSA) is 38.9 Å². The lowest BCUT2D eigenvalue weighted by atomic mass is 10.1. The smallest absolute Gasteiger partial charge is 0.0767 e. The molecule has 0 atom stereocenters. The van der Waals surface area contributed by atoms with Crippen molar-refractivity contribution in [2.45, 2.75) is 6.92 Å². The van der Waals surface area contributed by atoms with Gasteiger partial charge in [-0.3, -0.25) is 4.98 Å². The minimum atomic E-state index is 0.727. The number of fused-ring (bicyclic) bond motifs is 1. The molecule has 2 nitrogen and oxygen atoms in total. The Bertz CT molecular complexity index is 464. The number of aromatic nitrogens is 1. The first-order valence-corrected chi connectivity index (χ1v) is 5.55. The van der Waals surface area contributed by atoms with E-state index in [9.17, 15) is 0 Å². The second kappa shape index (κ2) is 3.55. The van der Waals surface area contributed by atoms with E-state index < -0.39 is 0 Å². The molecule has 0 fully saturated rings. The van der Waals surface area contributed by atoms with Crippen molar-refractivity contribution in [2.75, 3.05) is 5.73 Å². The molecule has 72 valence electrons. The van der Waals surface area contributed by atoms with Crippen LogP contribution >= 0.6 is 34.2 Å². The first-order chi connectivity index (χ1) is 6.61. The fourth-order valence-electron chi connectivity index (χ4n) is 1.38. The van der Waals surface area contributed by atoms with Gasteiger partial charge in [0, 0.05) is 16.6 Å². The SMILES string of the molecule is Cc1c(Cl)ccc2c(N)c(I)cnc12. The molecule has 1 aromatic heterocycles. The Balaban J connectivity index is 2.94. The van der Waals surface area contributed by atoms with Crippen LogP contribution in [-0.4, -0.2) is 4.98 Å². The van der Waals surface area contributed by atoms with E-state index in [4.69, 9.17) is 17.3 Å². The highest BCUT2D eigenvalue weighted by Gasteiger charge is 2.07. The Morgan fingerprint density at radius 2 is 2.14 bits per heavy atom. The molecule has 0 radical (unpaired) electrons. The van der Waals surface area contributed by atoms with Gasteiger partial charge in [-0.15, -0.1) is 0 Å². The standard InChI is InChI=1S/C10H8ClIN2/c1-5-7(11)3-2-6-9(13)8(12)4-14-10(5)6/h2-4H,1H3,(H2,13,14). The number of nitrogen functional groups attached to an aromatic ring is 1. The Labute approximate surface area is 101 Å². The Kier molecular flexibility index (Phi) is 2.53. The third-order valence-electron chi connectivity index (χ3n) is 2.22. The first kappa shape index (κ1) is 9.98. The van der Waals surface area contributed by atoms with Gasteiger partial charge < -0.3 is 5.73 Å². The van der Waals surface area contributed by atoms with Crippen molar-refractivity contribution in [3.63, 3.8) is 0 Å². The van der Waals surface area contributed by atoms with Crippen LogP contribution in [0.3, 0.4) is 0 Å². The van der Waals surface area contributed by atoms with Crippen LogP contribution in [0, 0.1) is 10.5 Å². The third-order valence-corrected chi connectivity index (χ3v) is 3.49. The van der Waals surface area contributed by atoms with Crippen molar-refractivity contribution < 1.29 is 0 Å². The van der Waals surface area contributed by atoms with Gasteiger partial charge in [0.15, 0.2) is 0 Å². The van der Waals surface area contributed by atoms with Crippen molar-refractivity contribution >= 4 is 50.8 Å². The molecule has 0 amide bonds. The molecular weight excluding hydrogens is 310 g/mol. The monoisotopic (exact) mass is 318 g/mol. The summed E-state index contributed by atoms with van der Waals surface area (Å²) in [6, 6.07) is 3.77. The lowest BCUT2D eigenvalue weighted by molar-refractivity contribution is 1.35. The fraction of sp³-hybridized carbons (Fsp3) is 0.100. The van der Waals surface area contributed by atoms with Crippen LogP contribution in [-0.2, 0) is 0 Å². The molecule has 0 aliphatic carbocycles. The summed E-state index contributed by atoms with van der Waals surface area (Å²) in [5.74, 6) is 0. The fourth-order valence-corrected chi connectivity index (χ4v) is 1.96. The number of hydrogen-bond acceptors (Lipinski definition) is 2. The summed E-state index contributed by atoms with van der Waals surface area (Å²) in [6.07, 6.45) is 1.77. The average Bonchev–Trinajstić information content (AvgIpc) is 2.17. The zero-order valence-corrected chi connectivity index (χ0v) is 10.4. The van der Waals surface area contributed by atoms with Crippen molar-refractivity contribution in [1.82, 2.24) is 4.98 Å². The second-order valence-corrected chi connectivity index (χ2v) is 4.66. The molecule has 4 heteroatoms. The molecule has 0 aliphatic rings. The molecule has 0 bridgehead atoms. The molecule has 1 aromatic carbocycles. The van der Waals surface area contributed by atoms with Gasteiger partial charge in [0.05, 0.1) is 14.8 Å². The normalized spacial score (nSPS) is 10.8. The lowest BCUT2D eigenvalue weighted by Gasteiger charge is -2.06. The van der Waals surface area contributed by atoms with E-state index in [0.29, 0.717) is 0 Å². The number of hydrogen-bond donors (Lipinski definition) is 1. The summed E-state index contributed by atoms with van der Waals surface area (Å²) in [5.41, 5.74) is 8.58. The second-order valence-electron chi connectivity index (χ2n) is 3.09. The maximum Gasteiger partial charge on any atom is 0.0767 e. The van der Waals surface area contributed by atoms with Gasteiger partial charge in [0.1, 0.15) is 0 Å². The van der Waals surface area contributed by atoms with Crippen LogP contribution in [0.1, 0.15) is 5.56 Å². The number of aryl methyl sites for hydroxylation is 1. The summed E-state index contributed by atoms with van der Waals surface area (Å²) >= 11 is 8.17. The highest BCUT2D eigenvalue weighted by atomic mass is 127. The van der Waals surface area contributed by atoms with Crippen molar-refractivity contribution in [3.05, 3.63) is 32.5 Å². The molecule has 0 saturated heterocycles. The molecule has 0 unspecified atom stereocenters.